The molecule has 1 atom stereocenters. The van der Waals surface area contributed by atoms with Crippen LogP contribution < -0.4 is 10.5 Å². The summed E-state index contributed by atoms with van der Waals surface area (Å²) < 4.78 is 5.99. The maximum atomic E-state index is 5.99. The fourth-order valence-corrected chi connectivity index (χ4v) is 2.25. The van der Waals surface area contributed by atoms with Crippen LogP contribution in [0.25, 0.3) is 0 Å². The first-order chi connectivity index (χ1) is 7.75. The van der Waals surface area contributed by atoms with E-state index in [0.29, 0.717) is 6.10 Å². The summed E-state index contributed by atoms with van der Waals surface area (Å²) >= 11 is 0. The lowest BCUT2D eigenvalue weighted by atomic mass is 9.98. The van der Waals surface area contributed by atoms with Crippen LogP contribution in [0.5, 0.6) is 5.75 Å². The van der Waals surface area contributed by atoms with Crippen molar-refractivity contribution in [1.82, 2.24) is 0 Å². The first-order valence-electron chi connectivity index (χ1n) is 6.28. The Hall–Kier alpha value is -1.02. The number of benzene rings is 1. The molecule has 1 aliphatic rings. The molecule has 2 N–H and O–H groups in total. The van der Waals surface area contributed by atoms with Crippen LogP contribution in [-0.2, 0) is 0 Å². The normalized spacial score (nSPS) is 19.4. The predicted molar refractivity (Wildman–Crippen MR) is 66.5 cm³/mol. The zero-order chi connectivity index (χ0) is 11.4. The van der Waals surface area contributed by atoms with E-state index in [9.17, 15) is 0 Å². The van der Waals surface area contributed by atoms with Gasteiger partial charge >= 0.3 is 0 Å². The van der Waals surface area contributed by atoms with Crippen molar-refractivity contribution in [2.45, 2.75) is 51.2 Å². The van der Waals surface area contributed by atoms with Crippen molar-refractivity contribution in [1.29, 1.82) is 0 Å². The van der Waals surface area contributed by atoms with Crippen LogP contribution in [-0.4, -0.2) is 6.10 Å². The topological polar surface area (TPSA) is 35.2 Å². The quantitative estimate of drug-likeness (QED) is 0.845. The minimum Gasteiger partial charge on any atom is -0.490 e. The molecule has 2 nitrogen and oxygen atoms in total. The number of nitrogens with two attached hydrogens (primary N) is 1. The molecule has 2 rings (SSSR count). The van der Waals surface area contributed by atoms with Crippen molar-refractivity contribution in [3.05, 3.63) is 29.8 Å². The Kier molecular flexibility index (Phi) is 3.83. The summed E-state index contributed by atoms with van der Waals surface area (Å²) in [5.41, 5.74) is 7.01. The average molecular weight is 219 g/mol. The van der Waals surface area contributed by atoms with Gasteiger partial charge in [-0.1, -0.05) is 18.6 Å². The van der Waals surface area contributed by atoms with E-state index in [2.05, 4.69) is 12.1 Å². The number of hydrogen-bond acceptors (Lipinski definition) is 2. The monoisotopic (exact) mass is 219 g/mol. The first kappa shape index (κ1) is 11.5. The van der Waals surface area contributed by atoms with Gasteiger partial charge in [-0.2, -0.15) is 0 Å². The maximum absolute atomic E-state index is 5.99. The average Bonchev–Trinajstić information content (AvgIpc) is 2.30. The van der Waals surface area contributed by atoms with Gasteiger partial charge in [-0.15, -0.1) is 0 Å². The van der Waals surface area contributed by atoms with Crippen LogP contribution in [0, 0.1) is 0 Å². The second-order valence-corrected chi connectivity index (χ2v) is 4.74. The summed E-state index contributed by atoms with van der Waals surface area (Å²) in [4.78, 5) is 0. The summed E-state index contributed by atoms with van der Waals surface area (Å²) in [6, 6.07) is 8.25. The van der Waals surface area contributed by atoms with Crippen molar-refractivity contribution in [3.8, 4) is 5.75 Å². The van der Waals surface area contributed by atoms with E-state index in [-0.39, 0.29) is 6.04 Å². The summed E-state index contributed by atoms with van der Waals surface area (Å²) in [7, 11) is 0. The predicted octanol–water partition coefficient (Wildman–Crippen LogP) is 3.42. The van der Waals surface area contributed by atoms with Gasteiger partial charge in [0, 0.05) is 6.04 Å². The molecule has 1 aromatic carbocycles. The molecule has 0 bridgehead atoms. The second kappa shape index (κ2) is 5.35. The Bertz CT molecular complexity index is 329. The SMILES string of the molecule is C[C@@H](N)c1cccc(OC2CCCCC2)c1. The Morgan fingerprint density at radius 2 is 2.00 bits per heavy atom. The molecule has 0 heterocycles. The number of rotatable bonds is 3. The van der Waals surface area contributed by atoms with Crippen molar-refractivity contribution >= 4 is 0 Å². The first-order valence-corrected chi connectivity index (χ1v) is 6.28. The van der Waals surface area contributed by atoms with Crippen molar-refractivity contribution in [3.63, 3.8) is 0 Å². The summed E-state index contributed by atoms with van der Waals surface area (Å²) in [5, 5.41) is 0. The van der Waals surface area contributed by atoms with Gasteiger partial charge in [0.05, 0.1) is 6.10 Å². The Labute approximate surface area is 97.8 Å². The Morgan fingerprint density at radius 1 is 1.25 bits per heavy atom. The van der Waals surface area contributed by atoms with E-state index >= 15 is 0 Å². The van der Waals surface area contributed by atoms with Gasteiger partial charge in [0.15, 0.2) is 0 Å². The molecule has 0 aliphatic heterocycles. The molecular weight excluding hydrogens is 198 g/mol. The molecule has 1 saturated carbocycles. The molecule has 0 aromatic heterocycles. The van der Waals surface area contributed by atoms with Crippen LogP contribution in [0.1, 0.15) is 50.6 Å². The highest BCUT2D eigenvalue weighted by Crippen LogP contribution is 2.24. The number of hydrogen-bond donors (Lipinski definition) is 1. The molecule has 2 heteroatoms. The Morgan fingerprint density at radius 3 is 2.69 bits per heavy atom. The van der Waals surface area contributed by atoms with E-state index in [1.807, 2.05) is 19.1 Å². The van der Waals surface area contributed by atoms with Gasteiger partial charge in [0.2, 0.25) is 0 Å². The number of ether oxygens (including phenoxy) is 1. The Balaban J connectivity index is 2.00. The fraction of sp³-hybridized carbons (Fsp3) is 0.571. The largest absolute Gasteiger partial charge is 0.490 e. The minimum atomic E-state index is 0.0786. The second-order valence-electron chi connectivity index (χ2n) is 4.74. The summed E-state index contributed by atoms with van der Waals surface area (Å²) in [6.07, 6.45) is 6.77. The van der Waals surface area contributed by atoms with E-state index < -0.39 is 0 Å². The standard InChI is InChI=1S/C14H21NO/c1-11(15)12-6-5-9-14(10-12)16-13-7-3-2-4-8-13/h5-6,9-11,13H,2-4,7-8,15H2,1H3/t11-/m1/s1. The molecule has 1 fully saturated rings. The summed E-state index contributed by atoms with van der Waals surface area (Å²) in [6.45, 7) is 2.00. The van der Waals surface area contributed by atoms with Crippen LogP contribution >= 0.6 is 0 Å². The molecule has 1 aromatic rings. The molecule has 0 unspecified atom stereocenters. The van der Waals surface area contributed by atoms with E-state index in [1.54, 1.807) is 0 Å². The molecule has 88 valence electrons. The van der Waals surface area contributed by atoms with Gasteiger partial charge in [0.25, 0.3) is 0 Å². The molecule has 0 radical (unpaired) electrons. The zero-order valence-electron chi connectivity index (χ0n) is 9.99. The van der Waals surface area contributed by atoms with E-state index in [4.69, 9.17) is 10.5 Å². The lowest BCUT2D eigenvalue weighted by Gasteiger charge is -2.23. The van der Waals surface area contributed by atoms with Gasteiger partial charge in [-0.25, -0.2) is 0 Å². The molecule has 0 spiro atoms. The highest BCUT2D eigenvalue weighted by Gasteiger charge is 2.14. The van der Waals surface area contributed by atoms with Gasteiger partial charge in [-0.3, -0.25) is 0 Å². The summed E-state index contributed by atoms with van der Waals surface area (Å²) in [5.74, 6) is 0.974. The third kappa shape index (κ3) is 2.99. The molecule has 1 aliphatic carbocycles. The third-order valence-corrected chi connectivity index (χ3v) is 3.24. The van der Waals surface area contributed by atoms with E-state index in [0.717, 1.165) is 11.3 Å². The van der Waals surface area contributed by atoms with E-state index in [1.165, 1.54) is 32.1 Å². The van der Waals surface area contributed by atoms with Crippen molar-refractivity contribution in [2.75, 3.05) is 0 Å². The lowest BCUT2D eigenvalue weighted by Crippen LogP contribution is -2.19. The van der Waals surface area contributed by atoms with Crippen LogP contribution in [0.15, 0.2) is 24.3 Å². The molecule has 0 amide bonds. The van der Waals surface area contributed by atoms with Gasteiger partial charge in [0.1, 0.15) is 5.75 Å². The van der Waals surface area contributed by atoms with Gasteiger partial charge < -0.3 is 10.5 Å². The lowest BCUT2D eigenvalue weighted by molar-refractivity contribution is 0.155. The smallest absolute Gasteiger partial charge is 0.120 e. The third-order valence-electron chi connectivity index (χ3n) is 3.24. The zero-order valence-corrected chi connectivity index (χ0v) is 9.99. The minimum absolute atomic E-state index is 0.0786. The van der Waals surface area contributed by atoms with Gasteiger partial charge in [-0.05, 0) is 50.3 Å². The molecular formula is C14H21NO. The fourth-order valence-electron chi connectivity index (χ4n) is 2.25. The highest BCUT2D eigenvalue weighted by atomic mass is 16.5. The molecule has 0 saturated heterocycles. The van der Waals surface area contributed by atoms with Crippen molar-refractivity contribution < 1.29 is 4.74 Å². The van der Waals surface area contributed by atoms with Crippen molar-refractivity contribution in [2.24, 2.45) is 5.73 Å². The van der Waals surface area contributed by atoms with Crippen LogP contribution in [0.4, 0.5) is 0 Å². The maximum Gasteiger partial charge on any atom is 0.120 e. The van der Waals surface area contributed by atoms with Crippen LogP contribution in [0.2, 0.25) is 0 Å². The van der Waals surface area contributed by atoms with Crippen LogP contribution in [0.3, 0.4) is 0 Å². The highest BCUT2D eigenvalue weighted by molar-refractivity contribution is 5.30. The molecule has 16 heavy (non-hydrogen) atoms.